The van der Waals surface area contributed by atoms with Crippen LogP contribution in [0.1, 0.15) is 55.1 Å². The zero-order valence-electron chi connectivity index (χ0n) is 21.0. The summed E-state index contributed by atoms with van der Waals surface area (Å²) in [5.74, 6) is 0.559. The molecule has 1 saturated heterocycles. The lowest BCUT2D eigenvalue weighted by Gasteiger charge is -2.35. The minimum absolute atomic E-state index is 0.0866. The van der Waals surface area contributed by atoms with E-state index in [1.165, 1.54) is 30.2 Å². The maximum atomic E-state index is 13.8. The molecule has 1 aromatic heterocycles. The number of carbonyl (C=O) groups excluding carboxylic acids is 1. The highest BCUT2D eigenvalue weighted by atomic mass is 32.2. The van der Waals surface area contributed by atoms with Crippen LogP contribution in [0.25, 0.3) is 11.8 Å². The van der Waals surface area contributed by atoms with Crippen LogP contribution < -0.4 is 0 Å². The SMILES string of the molecule is Cc1ccc(-n2c(C)cc(/C=C3\SC(=Nc4ccccc4)N([C@H]4CCCC[C@@H]4C)C3=O)c2C)cc1. The van der Waals surface area contributed by atoms with Gasteiger partial charge in [-0.05, 0) is 93.3 Å². The van der Waals surface area contributed by atoms with E-state index in [0.29, 0.717) is 5.92 Å². The fourth-order valence-electron chi connectivity index (χ4n) is 5.32. The Morgan fingerprint density at radius 3 is 2.40 bits per heavy atom. The second-order valence-electron chi connectivity index (χ2n) is 9.84. The van der Waals surface area contributed by atoms with E-state index in [0.717, 1.165) is 51.2 Å². The molecule has 2 atom stereocenters. The summed E-state index contributed by atoms with van der Waals surface area (Å²) in [5.41, 5.74) is 6.65. The summed E-state index contributed by atoms with van der Waals surface area (Å²) < 4.78 is 2.26. The molecule has 180 valence electrons. The summed E-state index contributed by atoms with van der Waals surface area (Å²) in [6.45, 7) is 8.63. The molecule has 3 aromatic rings. The molecule has 0 unspecified atom stereocenters. The van der Waals surface area contributed by atoms with Crippen molar-refractivity contribution in [2.75, 3.05) is 0 Å². The average Bonchev–Trinajstić information content (AvgIpc) is 3.30. The molecule has 2 fully saturated rings. The number of thioether (sulfide) groups is 1. The van der Waals surface area contributed by atoms with E-state index in [1.807, 2.05) is 35.2 Å². The first kappa shape index (κ1) is 23.7. The predicted molar refractivity (Wildman–Crippen MR) is 147 cm³/mol. The Kier molecular flexibility index (Phi) is 6.70. The average molecular weight is 484 g/mol. The lowest BCUT2D eigenvalue weighted by Crippen LogP contribution is -2.44. The molecule has 4 nitrogen and oxygen atoms in total. The highest BCUT2D eigenvalue weighted by Gasteiger charge is 2.41. The lowest BCUT2D eigenvalue weighted by atomic mass is 9.85. The van der Waals surface area contributed by atoms with Gasteiger partial charge in [0.1, 0.15) is 0 Å². The number of carbonyl (C=O) groups is 1. The third kappa shape index (κ3) is 4.74. The molecule has 5 heteroatoms. The monoisotopic (exact) mass is 483 g/mol. The van der Waals surface area contributed by atoms with E-state index in [-0.39, 0.29) is 11.9 Å². The summed E-state index contributed by atoms with van der Waals surface area (Å²) in [6, 6.07) is 20.9. The molecule has 1 aliphatic heterocycles. The molecule has 0 radical (unpaired) electrons. The van der Waals surface area contributed by atoms with E-state index < -0.39 is 0 Å². The van der Waals surface area contributed by atoms with Gasteiger partial charge in [0.25, 0.3) is 5.91 Å². The van der Waals surface area contributed by atoms with Crippen molar-refractivity contribution in [2.24, 2.45) is 10.9 Å². The Morgan fingerprint density at radius 2 is 1.69 bits per heavy atom. The minimum atomic E-state index is 0.0866. The van der Waals surface area contributed by atoms with Gasteiger partial charge in [0.2, 0.25) is 0 Å². The molecular weight excluding hydrogens is 450 g/mol. The standard InChI is InChI=1S/C30H33N3OS/c1-20-14-16-26(17-15-20)32-22(3)18-24(23(32)4)19-28-29(34)33(27-13-9-8-10-21(27)2)30(35-28)31-25-11-6-5-7-12-25/h5-7,11-12,14-19,21,27H,8-10,13H2,1-4H3/b28-19-,31-30?/t21-,27-/m0/s1. The molecule has 1 aliphatic carbocycles. The van der Waals surface area contributed by atoms with Crippen LogP contribution in [0.5, 0.6) is 0 Å². The second kappa shape index (κ2) is 9.90. The van der Waals surface area contributed by atoms with Gasteiger partial charge in [0, 0.05) is 23.1 Å². The number of amides is 1. The molecule has 0 spiro atoms. The van der Waals surface area contributed by atoms with Gasteiger partial charge < -0.3 is 4.57 Å². The van der Waals surface area contributed by atoms with Gasteiger partial charge >= 0.3 is 0 Å². The number of aromatic nitrogens is 1. The third-order valence-electron chi connectivity index (χ3n) is 7.26. The highest BCUT2D eigenvalue weighted by Crippen LogP contribution is 2.40. The molecule has 35 heavy (non-hydrogen) atoms. The smallest absolute Gasteiger partial charge is 0.267 e. The van der Waals surface area contributed by atoms with E-state index >= 15 is 0 Å². The number of amidine groups is 1. The van der Waals surface area contributed by atoms with Crippen molar-refractivity contribution in [3.63, 3.8) is 0 Å². The van der Waals surface area contributed by atoms with Gasteiger partial charge in [-0.3, -0.25) is 9.69 Å². The zero-order chi connectivity index (χ0) is 24.5. The van der Waals surface area contributed by atoms with Crippen LogP contribution in [0.3, 0.4) is 0 Å². The van der Waals surface area contributed by atoms with Crippen molar-refractivity contribution in [2.45, 2.75) is 59.4 Å². The number of para-hydroxylation sites is 1. The topological polar surface area (TPSA) is 37.6 Å². The lowest BCUT2D eigenvalue weighted by molar-refractivity contribution is -0.124. The molecule has 0 bridgehead atoms. The van der Waals surface area contributed by atoms with Gasteiger partial charge in [-0.15, -0.1) is 0 Å². The summed E-state index contributed by atoms with van der Waals surface area (Å²) in [7, 11) is 0. The number of rotatable bonds is 4. The van der Waals surface area contributed by atoms with Gasteiger partial charge in [-0.25, -0.2) is 4.99 Å². The van der Waals surface area contributed by atoms with Crippen LogP contribution in [0.2, 0.25) is 0 Å². The van der Waals surface area contributed by atoms with Crippen LogP contribution in [-0.4, -0.2) is 26.6 Å². The van der Waals surface area contributed by atoms with Crippen LogP contribution in [0.4, 0.5) is 5.69 Å². The molecule has 2 aliphatic rings. The molecule has 1 saturated carbocycles. The van der Waals surface area contributed by atoms with Crippen molar-refractivity contribution in [3.8, 4) is 5.69 Å². The molecule has 0 N–H and O–H groups in total. The summed E-state index contributed by atoms with van der Waals surface area (Å²) in [5, 5.41) is 0.804. The fraction of sp³-hybridized carbons (Fsp3) is 0.333. The molecule has 1 amide bonds. The van der Waals surface area contributed by atoms with Crippen LogP contribution in [-0.2, 0) is 4.79 Å². The van der Waals surface area contributed by atoms with E-state index in [4.69, 9.17) is 4.99 Å². The molecular formula is C30H33N3OS. The first-order valence-corrected chi connectivity index (χ1v) is 13.4. The summed E-state index contributed by atoms with van der Waals surface area (Å²) in [6.07, 6.45) is 6.67. The maximum Gasteiger partial charge on any atom is 0.267 e. The van der Waals surface area contributed by atoms with Crippen LogP contribution in [0.15, 0.2) is 70.6 Å². The van der Waals surface area contributed by atoms with Crippen molar-refractivity contribution in [3.05, 3.63) is 88.1 Å². The highest BCUT2D eigenvalue weighted by molar-refractivity contribution is 8.18. The Balaban J connectivity index is 1.53. The Labute approximate surface area is 212 Å². The maximum absolute atomic E-state index is 13.8. The van der Waals surface area contributed by atoms with E-state index in [2.05, 4.69) is 68.7 Å². The largest absolute Gasteiger partial charge is 0.318 e. The molecule has 2 aromatic carbocycles. The Morgan fingerprint density at radius 1 is 0.971 bits per heavy atom. The minimum Gasteiger partial charge on any atom is -0.318 e. The third-order valence-corrected chi connectivity index (χ3v) is 8.25. The van der Waals surface area contributed by atoms with Crippen molar-refractivity contribution in [1.82, 2.24) is 9.47 Å². The first-order chi connectivity index (χ1) is 16.9. The number of aryl methyl sites for hydroxylation is 2. The van der Waals surface area contributed by atoms with E-state index in [9.17, 15) is 4.79 Å². The zero-order valence-corrected chi connectivity index (χ0v) is 21.8. The first-order valence-electron chi connectivity index (χ1n) is 12.5. The van der Waals surface area contributed by atoms with Crippen molar-refractivity contribution >= 4 is 34.6 Å². The van der Waals surface area contributed by atoms with E-state index in [1.54, 1.807) is 0 Å². The number of aliphatic imine (C=N–C) groups is 1. The summed E-state index contributed by atoms with van der Waals surface area (Å²) >= 11 is 1.51. The Hall–Kier alpha value is -3.05. The second-order valence-corrected chi connectivity index (χ2v) is 10.9. The molecule has 2 heterocycles. The van der Waals surface area contributed by atoms with Crippen molar-refractivity contribution < 1.29 is 4.79 Å². The Bertz CT molecular complexity index is 1290. The quantitative estimate of drug-likeness (QED) is 0.359. The van der Waals surface area contributed by atoms with Gasteiger partial charge in [-0.1, -0.05) is 55.7 Å². The summed E-state index contributed by atoms with van der Waals surface area (Å²) in [4.78, 5) is 21.5. The molecule has 5 rings (SSSR count). The normalized spacial score (nSPS) is 23.0. The van der Waals surface area contributed by atoms with Gasteiger partial charge in [0.05, 0.1) is 10.6 Å². The van der Waals surface area contributed by atoms with Crippen LogP contribution >= 0.6 is 11.8 Å². The van der Waals surface area contributed by atoms with Crippen molar-refractivity contribution in [1.29, 1.82) is 0 Å². The number of nitrogens with zero attached hydrogens (tertiary/aromatic N) is 3. The fourth-order valence-corrected chi connectivity index (χ4v) is 6.35. The van der Waals surface area contributed by atoms with Gasteiger partial charge in [0.15, 0.2) is 5.17 Å². The van der Waals surface area contributed by atoms with Crippen LogP contribution in [0, 0.1) is 26.7 Å². The van der Waals surface area contributed by atoms with Gasteiger partial charge in [-0.2, -0.15) is 0 Å². The number of hydrogen-bond acceptors (Lipinski definition) is 3. The number of benzene rings is 2. The number of hydrogen-bond donors (Lipinski definition) is 0. The predicted octanol–water partition coefficient (Wildman–Crippen LogP) is 7.59.